The summed E-state index contributed by atoms with van der Waals surface area (Å²) in [6.45, 7) is 4.70. The quantitative estimate of drug-likeness (QED) is 0.587. The van der Waals surface area contributed by atoms with E-state index in [1.807, 2.05) is 32.0 Å². The molecule has 2 heterocycles. The molecule has 0 spiro atoms. The molecule has 0 radical (unpaired) electrons. The van der Waals surface area contributed by atoms with Gasteiger partial charge in [-0.1, -0.05) is 0 Å². The number of hydrogen-bond acceptors (Lipinski definition) is 7. The summed E-state index contributed by atoms with van der Waals surface area (Å²) in [5, 5.41) is 20.9. The molecule has 1 aromatic heterocycles. The summed E-state index contributed by atoms with van der Waals surface area (Å²) in [5.74, 6) is 1.56. The first-order valence-corrected chi connectivity index (χ1v) is 9.67. The van der Waals surface area contributed by atoms with E-state index < -0.39 is 0 Å². The van der Waals surface area contributed by atoms with Gasteiger partial charge in [-0.3, -0.25) is 0 Å². The third-order valence-corrected chi connectivity index (χ3v) is 4.84. The largest absolute Gasteiger partial charge is 0.438 e. The van der Waals surface area contributed by atoms with Gasteiger partial charge in [-0.25, -0.2) is 4.98 Å². The van der Waals surface area contributed by atoms with E-state index in [-0.39, 0.29) is 0 Å². The SMILES string of the molecule is Cc1cc(/C=C/C#N)cc(C)c1Oc1nc(Nc2ccc(C#N)cc2)nc2c1COC2. The van der Waals surface area contributed by atoms with E-state index in [1.165, 1.54) is 6.08 Å². The normalized spacial score (nSPS) is 12.3. The number of nitrogens with zero attached hydrogens (tertiary/aromatic N) is 4. The highest BCUT2D eigenvalue weighted by atomic mass is 16.5. The average molecular weight is 409 g/mol. The third-order valence-electron chi connectivity index (χ3n) is 4.84. The zero-order valence-electron chi connectivity index (χ0n) is 17.1. The number of benzene rings is 2. The number of hydrogen-bond donors (Lipinski definition) is 1. The number of fused-ring (bicyclic) bond motifs is 1. The van der Waals surface area contributed by atoms with Gasteiger partial charge >= 0.3 is 0 Å². The van der Waals surface area contributed by atoms with Crippen LogP contribution in [0.25, 0.3) is 6.08 Å². The van der Waals surface area contributed by atoms with Crippen molar-refractivity contribution in [3.63, 3.8) is 0 Å². The summed E-state index contributed by atoms with van der Waals surface area (Å²) in [6.07, 6.45) is 3.21. The molecule has 31 heavy (non-hydrogen) atoms. The first-order valence-electron chi connectivity index (χ1n) is 9.67. The Morgan fingerprint density at radius 3 is 2.48 bits per heavy atom. The molecule has 1 aliphatic rings. The van der Waals surface area contributed by atoms with Crippen molar-refractivity contribution >= 4 is 17.7 Å². The zero-order chi connectivity index (χ0) is 21.8. The van der Waals surface area contributed by atoms with E-state index >= 15 is 0 Å². The first kappa shape index (κ1) is 20.1. The highest BCUT2D eigenvalue weighted by Crippen LogP contribution is 2.35. The Labute approximate surface area is 180 Å². The Hall–Kier alpha value is -4.20. The number of rotatable bonds is 5. The summed E-state index contributed by atoms with van der Waals surface area (Å²) in [5.41, 5.74) is 5.77. The monoisotopic (exact) mass is 409 g/mol. The number of nitriles is 2. The Morgan fingerprint density at radius 1 is 1.06 bits per heavy atom. The lowest BCUT2D eigenvalue weighted by Gasteiger charge is -2.15. The van der Waals surface area contributed by atoms with Crippen molar-refractivity contribution < 1.29 is 9.47 Å². The molecule has 0 amide bonds. The standard InChI is InChI=1S/C24H19N5O2/c1-15-10-18(4-3-9-25)11-16(2)22(15)31-23-20-13-30-14-21(20)28-24(29-23)27-19-7-5-17(12-26)6-8-19/h3-8,10-11H,13-14H2,1-2H3,(H,27,28,29)/b4-3+. The summed E-state index contributed by atoms with van der Waals surface area (Å²) in [4.78, 5) is 9.14. The van der Waals surface area contributed by atoms with Gasteiger partial charge in [-0.05, 0) is 73.0 Å². The maximum Gasteiger partial charge on any atom is 0.230 e. The van der Waals surface area contributed by atoms with Crippen molar-refractivity contribution in [3.8, 4) is 23.8 Å². The van der Waals surface area contributed by atoms with E-state index in [0.717, 1.165) is 33.6 Å². The van der Waals surface area contributed by atoms with E-state index in [0.29, 0.717) is 36.4 Å². The molecule has 0 atom stereocenters. The number of allylic oxidation sites excluding steroid dienone is 1. The number of anilines is 2. The van der Waals surface area contributed by atoms with Crippen molar-refractivity contribution in [2.45, 2.75) is 27.1 Å². The first-order chi connectivity index (χ1) is 15.1. The smallest absolute Gasteiger partial charge is 0.230 e. The molecular formula is C24H19N5O2. The average Bonchev–Trinajstić information content (AvgIpc) is 3.24. The van der Waals surface area contributed by atoms with Gasteiger partial charge in [0.2, 0.25) is 11.8 Å². The molecule has 1 N–H and O–H groups in total. The Balaban J connectivity index is 1.66. The second kappa shape index (κ2) is 8.66. The number of aromatic nitrogens is 2. The van der Waals surface area contributed by atoms with Crippen LogP contribution >= 0.6 is 0 Å². The topological polar surface area (TPSA) is 104 Å². The molecule has 0 saturated carbocycles. The molecule has 2 aromatic carbocycles. The molecule has 7 heteroatoms. The van der Waals surface area contributed by atoms with Gasteiger partial charge in [0.25, 0.3) is 0 Å². The van der Waals surface area contributed by atoms with Gasteiger partial charge < -0.3 is 14.8 Å². The highest BCUT2D eigenvalue weighted by molar-refractivity contribution is 5.59. The molecule has 7 nitrogen and oxygen atoms in total. The number of aryl methyl sites for hydroxylation is 2. The summed E-state index contributed by atoms with van der Waals surface area (Å²) >= 11 is 0. The second-order valence-corrected chi connectivity index (χ2v) is 7.13. The van der Waals surface area contributed by atoms with Gasteiger partial charge in [0.1, 0.15) is 5.75 Å². The molecule has 0 bridgehead atoms. The van der Waals surface area contributed by atoms with E-state index in [1.54, 1.807) is 30.3 Å². The predicted molar refractivity (Wildman–Crippen MR) is 116 cm³/mol. The third kappa shape index (κ3) is 4.37. The van der Waals surface area contributed by atoms with Gasteiger partial charge in [-0.15, -0.1) is 0 Å². The fourth-order valence-electron chi connectivity index (χ4n) is 3.39. The minimum absolute atomic E-state index is 0.392. The Morgan fingerprint density at radius 2 is 1.81 bits per heavy atom. The van der Waals surface area contributed by atoms with Gasteiger partial charge in [-0.2, -0.15) is 15.5 Å². The lowest BCUT2D eigenvalue weighted by molar-refractivity contribution is 0.132. The molecule has 152 valence electrons. The molecule has 0 unspecified atom stereocenters. The fraction of sp³-hybridized carbons (Fsp3) is 0.167. The Bertz CT molecular complexity index is 1230. The van der Waals surface area contributed by atoms with Crippen LogP contribution < -0.4 is 10.1 Å². The van der Waals surface area contributed by atoms with E-state index in [4.69, 9.17) is 20.0 Å². The van der Waals surface area contributed by atoms with E-state index in [2.05, 4.69) is 21.4 Å². The van der Waals surface area contributed by atoms with Crippen molar-refractivity contribution in [1.82, 2.24) is 9.97 Å². The zero-order valence-corrected chi connectivity index (χ0v) is 17.1. The van der Waals surface area contributed by atoms with Crippen molar-refractivity contribution in [1.29, 1.82) is 10.5 Å². The molecule has 1 aliphatic heterocycles. The van der Waals surface area contributed by atoms with Gasteiger partial charge in [0, 0.05) is 11.8 Å². The molecule has 3 aromatic rings. The van der Waals surface area contributed by atoms with E-state index in [9.17, 15) is 0 Å². The summed E-state index contributed by atoms with van der Waals surface area (Å²) in [7, 11) is 0. The summed E-state index contributed by atoms with van der Waals surface area (Å²) in [6, 6.07) is 15.1. The van der Waals surface area contributed by atoms with Crippen LogP contribution in [0.2, 0.25) is 0 Å². The second-order valence-electron chi connectivity index (χ2n) is 7.13. The minimum Gasteiger partial charge on any atom is -0.438 e. The van der Waals surface area contributed by atoms with Crippen molar-refractivity contribution in [3.05, 3.63) is 76.0 Å². The molecule has 0 fully saturated rings. The fourth-order valence-corrected chi connectivity index (χ4v) is 3.39. The maximum atomic E-state index is 8.96. The van der Waals surface area contributed by atoms with Crippen LogP contribution in [0.1, 0.15) is 33.5 Å². The Kier molecular flexibility index (Phi) is 5.61. The minimum atomic E-state index is 0.392. The number of nitrogens with one attached hydrogen (secondary N) is 1. The van der Waals surface area contributed by atoms with Crippen LogP contribution in [0, 0.1) is 36.5 Å². The maximum absolute atomic E-state index is 8.96. The lowest BCUT2D eigenvalue weighted by atomic mass is 10.1. The van der Waals surface area contributed by atoms with Crippen molar-refractivity contribution in [2.75, 3.05) is 5.32 Å². The molecule has 0 saturated heterocycles. The molecular weight excluding hydrogens is 390 g/mol. The predicted octanol–water partition coefficient (Wildman–Crippen LogP) is 5.07. The molecule has 4 rings (SSSR count). The van der Waals surface area contributed by atoms with Crippen LogP contribution in [0.4, 0.5) is 11.6 Å². The lowest BCUT2D eigenvalue weighted by Crippen LogP contribution is -2.05. The number of ether oxygens (including phenoxy) is 2. The van der Waals surface area contributed by atoms with Crippen LogP contribution in [-0.2, 0) is 18.0 Å². The highest BCUT2D eigenvalue weighted by Gasteiger charge is 2.23. The van der Waals surface area contributed by atoms with Crippen LogP contribution in [0.3, 0.4) is 0 Å². The van der Waals surface area contributed by atoms with Gasteiger partial charge in [0.05, 0.1) is 42.2 Å². The summed E-state index contributed by atoms with van der Waals surface area (Å²) < 4.78 is 11.8. The molecule has 0 aliphatic carbocycles. The van der Waals surface area contributed by atoms with Gasteiger partial charge in [0.15, 0.2) is 0 Å². The van der Waals surface area contributed by atoms with Crippen molar-refractivity contribution in [2.24, 2.45) is 0 Å². The van der Waals surface area contributed by atoms with Crippen LogP contribution in [0.5, 0.6) is 11.6 Å². The van der Waals surface area contributed by atoms with Crippen LogP contribution in [0.15, 0.2) is 42.5 Å². The van der Waals surface area contributed by atoms with Crippen LogP contribution in [-0.4, -0.2) is 9.97 Å².